The highest BCUT2D eigenvalue weighted by Crippen LogP contribution is 2.26. The van der Waals surface area contributed by atoms with Crippen LogP contribution in [-0.2, 0) is 17.6 Å². The first-order valence-corrected chi connectivity index (χ1v) is 14.5. The van der Waals surface area contributed by atoms with Crippen molar-refractivity contribution in [2.45, 2.75) is 39.5 Å². The van der Waals surface area contributed by atoms with Gasteiger partial charge in [-0.05, 0) is 62.8 Å². The van der Waals surface area contributed by atoms with Crippen molar-refractivity contribution < 1.29 is 13.6 Å². The standard InChI is InChI=1S/C31H29F2N5O2S/c1-19-14-26(35-38(19)27-16-23(32)8-9-25(27)33)29-20(2)34-31-37(30(29)40)24(18-41-31)17-28(39)36-12-10-22(11-13-36)15-21-6-4-3-5-7-21/h3-9,14,16,18,22H,10-13,15,17H2,1-2H3. The molecule has 10 heteroatoms. The first kappa shape index (κ1) is 27.0. The average Bonchev–Trinajstić information content (AvgIpc) is 3.54. The van der Waals surface area contributed by atoms with Crippen molar-refractivity contribution in [3.8, 4) is 16.9 Å². The molecule has 1 aliphatic rings. The quantitative estimate of drug-likeness (QED) is 0.268. The van der Waals surface area contributed by atoms with E-state index in [1.165, 1.54) is 26.0 Å². The molecule has 6 rings (SSSR count). The Bertz CT molecular complexity index is 1800. The third kappa shape index (κ3) is 5.31. The Balaban J connectivity index is 1.24. The van der Waals surface area contributed by atoms with Crippen LogP contribution in [0.15, 0.2) is 64.8 Å². The number of hydrogen-bond donors (Lipinski definition) is 0. The molecule has 7 nitrogen and oxygen atoms in total. The molecule has 0 unspecified atom stereocenters. The summed E-state index contributed by atoms with van der Waals surface area (Å²) in [4.78, 5) is 34.1. The summed E-state index contributed by atoms with van der Waals surface area (Å²) in [6, 6.07) is 15.2. The molecular formula is C31H29F2N5O2S. The summed E-state index contributed by atoms with van der Waals surface area (Å²) in [6.07, 6.45) is 3.01. The molecule has 0 bridgehead atoms. The smallest absolute Gasteiger partial charge is 0.268 e. The summed E-state index contributed by atoms with van der Waals surface area (Å²) in [6.45, 7) is 4.82. The van der Waals surface area contributed by atoms with E-state index in [4.69, 9.17) is 0 Å². The second kappa shape index (κ2) is 11.0. The molecule has 1 amide bonds. The van der Waals surface area contributed by atoms with Gasteiger partial charge in [0.15, 0.2) is 4.96 Å². The minimum atomic E-state index is -0.631. The van der Waals surface area contributed by atoms with E-state index in [0.29, 0.717) is 46.7 Å². The predicted octanol–water partition coefficient (Wildman–Crippen LogP) is 5.53. The van der Waals surface area contributed by atoms with E-state index in [1.54, 1.807) is 25.3 Å². The number of carbonyl (C=O) groups is 1. The van der Waals surface area contributed by atoms with Crippen LogP contribution in [0, 0.1) is 31.4 Å². The Kier molecular flexibility index (Phi) is 7.25. The first-order valence-electron chi connectivity index (χ1n) is 13.6. The Morgan fingerprint density at radius 3 is 2.56 bits per heavy atom. The van der Waals surface area contributed by atoms with Crippen molar-refractivity contribution >= 4 is 22.2 Å². The monoisotopic (exact) mass is 573 g/mol. The van der Waals surface area contributed by atoms with Gasteiger partial charge in [-0.1, -0.05) is 30.3 Å². The lowest BCUT2D eigenvalue weighted by molar-refractivity contribution is -0.131. The third-order valence-corrected chi connectivity index (χ3v) is 8.64. The largest absolute Gasteiger partial charge is 0.342 e. The molecule has 0 aliphatic carbocycles. The number of rotatable bonds is 6. The molecule has 210 valence electrons. The van der Waals surface area contributed by atoms with E-state index in [0.717, 1.165) is 37.5 Å². The molecule has 0 radical (unpaired) electrons. The van der Waals surface area contributed by atoms with Gasteiger partial charge in [-0.15, -0.1) is 11.3 Å². The summed E-state index contributed by atoms with van der Waals surface area (Å²) in [7, 11) is 0. The molecule has 1 fully saturated rings. The maximum atomic E-state index is 14.5. The van der Waals surface area contributed by atoms with E-state index < -0.39 is 11.6 Å². The number of thiazole rings is 1. The fourth-order valence-electron chi connectivity index (χ4n) is 5.61. The van der Waals surface area contributed by atoms with Crippen LogP contribution in [0.2, 0.25) is 0 Å². The van der Waals surface area contributed by atoms with Crippen LogP contribution >= 0.6 is 11.3 Å². The molecular weight excluding hydrogens is 544 g/mol. The minimum absolute atomic E-state index is 0.0152. The highest BCUT2D eigenvalue weighted by atomic mass is 32.1. The summed E-state index contributed by atoms with van der Waals surface area (Å²) in [5.74, 6) is -0.692. The predicted molar refractivity (Wildman–Crippen MR) is 154 cm³/mol. The summed E-state index contributed by atoms with van der Waals surface area (Å²) >= 11 is 1.31. The van der Waals surface area contributed by atoms with E-state index >= 15 is 0 Å². The number of nitrogens with zero attached hydrogens (tertiary/aromatic N) is 5. The number of benzene rings is 2. The molecule has 1 aliphatic heterocycles. The summed E-state index contributed by atoms with van der Waals surface area (Å²) < 4.78 is 31.1. The number of piperidine rings is 1. The molecule has 5 aromatic rings. The van der Waals surface area contributed by atoms with Crippen LogP contribution in [0.25, 0.3) is 21.9 Å². The fourth-order valence-corrected chi connectivity index (χ4v) is 6.54. The maximum absolute atomic E-state index is 14.5. The second-order valence-corrected chi connectivity index (χ2v) is 11.4. The molecule has 0 spiro atoms. The zero-order valence-corrected chi connectivity index (χ0v) is 23.6. The van der Waals surface area contributed by atoms with Gasteiger partial charge in [0.2, 0.25) is 5.91 Å². The van der Waals surface area contributed by atoms with Crippen molar-refractivity contribution in [3.63, 3.8) is 0 Å². The Morgan fingerprint density at radius 2 is 1.80 bits per heavy atom. The van der Waals surface area contributed by atoms with Crippen LogP contribution < -0.4 is 5.56 Å². The number of carbonyl (C=O) groups excluding carboxylic acids is 1. The van der Waals surface area contributed by atoms with E-state index in [-0.39, 0.29) is 29.1 Å². The highest BCUT2D eigenvalue weighted by Gasteiger charge is 2.25. The average molecular weight is 574 g/mol. The summed E-state index contributed by atoms with van der Waals surface area (Å²) in [5.41, 5.74) is 3.07. The number of halogens is 2. The lowest BCUT2D eigenvalue weighted by Gasteiger charge is -2.32. The van der Waals surface area contributed by atoms with Gasteiger partial charge in [0.25, 0.3) is 5.56 Å². The zero-order valence-electron chi connectivity index (χ0n) is 22.8. The minimum Gasteiger partial charge on any atom is -0.342 e. The number of amides is 1. The number of aryl methyl sites for hydroxylation is 2. The topological polar surface area (TPSA) is 72.5 Å². The lowest BCUT2D eigenvalue weighted by Crippen LogP contribution is -2.40. The van der Waals surface area contributed by atoms with Gasteiger partial charge in [-0.25, -0.2) is 18.4 Å². The van der Waals surface area contributed by atoms with Crippen molar-refractivity contribution in [2.75, 3.05) is 13.1 Å². The normalized spacial score (nSPS) is 14.2. The molecule has 41 heavy (non-hydrogen) atoms. The van der Waals surface area contributed by atoms with Crippen molar-refractivity contribution in [1.82, 2.24) is 24.1 Å². The van der Waals surface area contributed by atoms with Gasteiger partial charge in [0, 0.05) is 35.9 Å². The SMILES string of the molecule is Cc1nc2scc(CC(=O)N3CCC(Cc4ccccc4)CC3)n2c(=O)c1-c1cc(C)n(-c2cc(F)ccc2F)n1. The molecule has 3 aromatic heterocycles. The fraction of sp³-hybridized carbons (Fsp3) is 0.290. The third-order valence-electron chi connectivity index (χ3n) is 7.77. The van der Waals surface area contributed by atoms with Gasteiger partial charge in [0.05, 0.1) is 17.7 Å². The Labute approximate surface area is 239 Å². The van der Waals surface area contributed by atoms with E-state index in [2.05, 4.69) is 34.3 Å². The van der Waals surface area contributed by atoms with Gasteiger partial charge >= 0.3 is 0 Å². The molecule has 4 heterocycles. The first-order chi connectivity index (χ1) is 19.8. The molecule has 0 N–H and O–H groups in total. The second-order valence-electron chi connectivity index (χ2n) is 10.6. The van der Waals surface area contributed by atoms with Crippen molar-refractivity contribution in [2.24, 2.45) is 5.92 Å². The van der Waals surface area contributed by atoms with E-state index in [9.17, 15) is 18.4 Å². The van der Waals surface area contributed by atoms with Gasteiger partial charge < -0.3 is 4.90 Å². The van der Waals surface area contributed by atoms with Gasteiger partial charge in [0.1, 0.15) is 23.0 Å². The van der Waals surface area contributed by atoms with Crippen LogP contribution in [-0.4, -0.2) is 43.1 Å². The van der Waals surface area contributed by atoms with Gasteiger partial charge in [-0.2, -0.15) is 5.10 Å². The van der Waals surface area contributed by atoms with Crippen LogP contribution in [0.4, 0.5) is 8.78 Å². The number of hydrogen-bond acceptors (Lipinski definition) is 5. The molecule has 2 aromatic carbocycles. The summed E-state index contributed by atoms with van der Waals surface area (Å²) in [5, 5.41) is 6.26. The molecule has 0 atom stereocenters. The maximum Gasteiger partial charge on any atom is 0.268 e. The number of likely N-dealkylation sites (tertiary alicyclic amines) is 1. The Morgan fingerprint density at radius 1 is 1.05 bits per heavy atom. The van der Waals surface area contributed by atoms with Crippen molar-refractivity contribution in [1.29, 1.82) is 0 Å². The molecule has 0 saturated carbocycles. The van der Waals surface area contributed by atoms with Crippen LogP contribution in [0.5, 0.6) is 0 Å². The molecule has 1 saturated heterocycles. The number of fused-ring (bicyclic) bond motifs is 1. The highest BCUT2D eigenvalue weighted by molar-refractivity contribution is 7.15. The Hall–Kier alpha value is -4.18. The zero-order chi connectivity index (χ0) is 28.7. The number of aromatic nitrogens is 4. The van der Waals surface area contributed by atoms with E-state index in [1.807, 2.05) is 11.0 Å². The van der Waals surface area contributed by atoms with Crippen LogP contribution in [0.1, 0.15) is 35.5 Å². The van der Waals surface area contributed by atoms with Crippen molar-refractivity contribution in [3.05, 3.63) is 105 Å². The van der Waals surface area contributed by atoms with Gasteiger partial charge in [-0.3, -0.25) is 14.0 Å². The lowest BCUT2D eigenvalue weighted by atomic mass is 9.90. The van der Waals surface area contributed by atoms with Crippen LogP contribution in [0.3, 0.4) is 0 Å².